The molecule has 0 heterocycles. The molecular formula is C12H15FN2O4. The number of aryl methyl sites for hydroxylation is 1. The van der Waals surface area contributed by atoms with Crippen LogP contribution in [-0.4, -0.2) is 34.4 Å². The zero-order valence-corrected chi connectivity index (χ0v) is 10.5. The summed E-state index contributed by atoms with van der Waals surface area (Å²) in [7, 11) is 0. The Morgan fingerprint density at radius 2 is 2.00 bits per heavy atom. The number of nitrogens with one attached hydrogen (secondary N) is 2. The van der Waals surface area contributed by atoms with Crippen LogP contribution in [-0.2, 0) is 4.79 Å². The molecule has 0 fully saturated rings. The Bertz CT molecular complexity index is 491. The molecule has 0 aliphatic rings. The number of anilines is 1. The summed E-state index contributed by atoms with van der Waals surface area (Å²) >= 11 is 0. The van der Waals surface area contributed by atoms with Gasteiger partial charge in [-0.1, -0.05) is 0 Å². The number of urea groups is 1. The zero-order valence-electron chi connectivity index (χ0n) is 10.5. The topological polar surface area (TPSA) is 98.7 Å². The smallest absolute Gasteiger partial charge is 0.328 e. The number of hydrogen-bond acceptors (Lipinski definition) is 3. The number of carboxylic acid groups (broad SMARTS) is 1. The van der Waals surface area contributed by atoms with E-state index in [1.165, 1.54) is 32.0 Å². The van der Waals surface area contributed by atoms with Crippen molar-refractivity contribution in [3.05, 3.63) is 29.6 Å². The van der Waals surface area contributed by atoms with Crippen molar-refractivity contribution >= 4 is 17.7 Å². The van der Waals surface area contributed by atoms with Gasteiger partial charge in [0.05, 0.1) is 6.10 Å². The van der Waals surface area contributed by atoms with E-state index in [2.05, 4.69) is 10.6 Å². The summed E-state index contributed by atoms with van der Waals surface area (Å²) in [4.78, 5) is 22.3. The molecule has 1 aromatic carbocycles. The maximum atomic E-state index is 13.0. The van der Waals surface area contributed by atoms with Crippen molar-refractivity contribution in [2.45, 2.75) is 26.0 Å². The van der Waals surface area contributed by atoms with Gasteiger partial charge in [-0.3, -0.25) is 0 Å². The second kappa shape index (κ2) is 6.14. The standard InChI is InChI=1S/C12H15FN2O4/c1-6-5-8(3-4-9(6)13)14-12(19)15-10(7(2)16)11(17)18/h3-5,7,10,16H,1-2H3,(H,17,18)(H2,14,15,19). The van der Waals surface area contributed by atoms with Crippen molar-refractivity contribution in [1.82, 2.24) is 5.32 Å². The SMILES string of the molecule is Cc1cc(NC(=O)NC(C(=O)O)C(C)O)ccc1F. The van der Waals surface area contributed by atoms with Crippen LogP contribution in [0.4, 0.5) is 14.9 Å². The summed E-state index contributed by atoms with van der Waals surface area (Å²) in [6.45, 7) is 2.79. The molecule has 0 saturated heterocycles. The Labute approximate surface area is 109 Å². The fraction of sp³-hybridized carbons (Fsp3) is 0.333. The van der Waals surface area contributed by atoms with Crippen LogP contribution in [0.1, 0.15) is 12.5 Å². The third kappa shape index (κ3) is 4.22. The third-order valence-electron chi connectivity index (χ3n) is 2.45. The number of benzene rings is 1. The van der Waals surface area contributed by atoms with E-state index in [0.29, 0.717) is 11.3 Å². The summed E-state index contributed by atoms with van der Waals surface area (Å²) in [5, 5.41) is 22.5. The highest BCUT2D eigenvalue weighted by atomic mass is 19.1. The van der Waals surface area contributed by atoms with E-state index in [1.54, 1.807) is 0 Å². The van der Waals surface area contributed by atoms with Gasteiger partial charge >= 0.3 is 12.0 Å². The molecule has 2 unspecified atom stereocenters. The largest absolute Gasteiger partial charge is 0.480 e. The molecule has 1 rings (SSSR count). The van der Waals surface area contributed by atoms with Crippen LogP contribution in [0.2, 0.25) is 0 Å². The Balaban J connectivity index is 2.69. The molecule has 0 spiro atoms. The number of rotatable bonds is 4. The van der Waals surface area contributed by atoms with Crippen LogP contribution >= 0.6 is 0 Å². The van der Waals surface area contributed by atoms with E-state index >= 15 is 0 Å². The monoisotopic (exact) mass is 270 g/mol. The van der Waals surface area contributed by atoms with E-state index in [-0.39, 0.29) is 0 Å². The van der Waals surface area contributed by atoms with Crippen molar-refractivity contribution in [2.24, 2.45) is 0 Å². The first-order valence-electron chi connectivity index (χ1n) is 5.56. The molecule has 0 saturated carbocycles. The van der Waals surface area contributed by atoms with Crippen molar-refractivity contribution in [3.63, 3.8) is 0 Å². The number of aliphatic hydroxyl groups excluding tert-OH is 1. The minimum absolute atomic E-state index is 0.325. The van der Waals surface area contributed by atoms with Crippen LogP contribution in [0.25, 0.3) is 0 Å². The summed E-state index contributed by atoms with van der Waals surface area (Å²) in [6, 6.07) is 1.74. The van der Waals surface area contributed by atoms with E-state index in [0.717, 1.165) is 0 Å². The van der Waals surface area contributed by atoms with Crippen LogP contribution < -0.4 is 10.6 Å². The van der Waals surface area contributed by atoms with E-state index < -0.39 is 30.0 Å². The van der Waals surface area contributed by atoms with Crippen LogP contribution in [0.3, 0.4) is 0 Å². The molecular weight excluding hydrogens is 255 g/mol. The van der Waals surface area contributed by atoms with Gasteiger partial charge in [-0.2, -0.15) is 0 Å². The lowest BCUT2D eigenvalue weighted by Gasteiger charge is -2.17. The van der Waals surface area contributed by atoms with Crippen molar-refractivity contribution < 1.29 is 24.2 Å². The first-order chi connectivity index (χ1) is 8.81. The Morgan fingerprint density at radius 1 is 1.37 bits per heavy atom. The molecule has 2 amide bonds. The zero-order chi connectivity index (χ0) is 14.6. The lowest BCUT2D eigenvalue weighted by atomic mass is 10.2. The molecule has 0 aliphatic carbocycles. The van der Waals surface area contributed by atoms with Crippen molar-refractivity contribution in [1.29, 1.82) is 0 Å². The maximum absolute atomic E-state index is 13.0. The van der Waals surface area contributed by atoms with Gasteiger partial charge in [0.1, 0.15) is 5.82 Å². The highest BCUT2D eigenvalue weighted by Gasteiger charge is 2.24. The second-order valence-electron chi connectivity index (χ2n) is 4.12. The Kier molecular flexibility index (Phi) is 4.82. The molecule has 2 atom stereocenters. The molecule has 0 radical (unpaired) electrons. The summed E-state index contributed by atoms with van der Waals surface area (Å²) in [5.74, 6) is -1.75. The quantitative estimate of drug-likeness (QED) is 0.658. The first kappa shape index (κ1) is 14.9. The number of aliphatic hydroxyl groups is 1. The summed E-state index contributed by atoms with van der Waals surface area (Å²) < 4.78 is 13.0. The highest BCUT2D eigenvalue weighted by Crippen LogP contribution is 2.13. The molecule has 0 aliphatic heterocycles. The molecule has 1 aromatic rings. The van der Waals surface area contributed by atoms with Gasteiger partial charge in [-0.15, -0.1) is 0 Å². The Morgan fingerprint density at radius 3 is 2.47 bits per heavy atom. The van der Waals surface area contributed by atoms with Crippen LogP contribution in [0.15, 0.2) is 18.2 Å². The van der Waals surface area contributed by atoms with Crippen molar-refractivity contribution in [2.75, 3.05) is 5.32 Å². The molecule has 6 nitrogen and oxygen atoms in total. The van der Waals surface area contributed by atoms with Gasteiger partial charge in [-0.25, -0.2) is 14.0 Å². The molecule has 4 N–H and O–H groups in total. The number of halogens is 1. The van der Waals surface area contributed by atoms with Gasteiger partial charge in [0.2, 0.25) is 0 Å². The second-order valence-corrected chi connectivity index (χ2v) is 4.12. The lowest BCUT2D eigenvalue weighted by Crippen LogP contribution is -2.49. The number of aliphatic carboxylic acids is 1. The van der Waals surface area contributed by atoms with Gasteiger partial charge in [0, 0.05) is 5.69 Å². The van der Waals surface area contributed by atoms with Gasteiger partial charge in [0.25, 0.3) is 0 Å². The van der Waals surface area contributed by atoms with Crippen LogP contribution in [0, 0.1) is 12.7 Å². The van der Waals surface area contributed by atoms with E-state index in [1.807, 2.05) is 0 Å². The maximum Gasteiger partial charge on any atom is 0.328 e. The number of amides is 2. The molecule has 104 valence electrons. The number of hydrogen-bond donors (Lipinski definition) is 4. The summed E-state index contributed by atoms with van der Waals surface area (Å²) in [6.07, 6.45) is -1.24. The average molecular weight is 270 g/mol. The minimum atomic E-state index is -1.42. The highest BCUT2D eigenvalue weighted by molar-refractivity contribution is 5.92. The van der Waals surface area contributed by atoms with Gasteiger partial charge in [0.15, 0.2) is 6.04 Å². The normalized spacial score (nSPS) is 13.5. The molecule has 0 aromatic heterocycles. The predicted molar refractivity (Wildman–Crippen MR) is 66.4 cm³/mol. The van der Waals surface area contributed by atoms with Gasteiger partial charge in [-0.05, 0) is 37.6 Å². The molecule has 0 bridgehead atoms. The minimum Gasteiger partial charge on any atom is -0.480 e. The predicted octanol–water partition coefficient (Wildman–Crippen LogP) is 1.09. The lowest BCUT2D eigenvalue weighted by molar-refractivity contribution is -0.141. The fourth-order valence-corrected chi connectivity index (χ4v) is 1.42. The number of carboxylic acids is 1. The average Bonchev–Trinajstić information content (AvgIpc) is 2.30. The fourth-order valence-electron chi connectivity index (χ4n) is 1.42. The van der Waals surface area contributed by atoms with Gasteiger partial charge < -0.3 is 20.8 Å². The molecule has 19 heavy (non-hydrogen) atoms. The van der Waals surface area contributed by atoms with Crippen molar-refractivity contribution in [3.8, 4) is 0 Å². The third-order valence-corrected chi connectivity index (χ3v) is 2.45. The molecule has 7 heteroatoms. The number of carbonyl (C=O) groups is 2. The van der Waals surface area contributed by atoms with Crippen LogP contribution in [0.5, 0.6) is 0 Å². The summed E-state index contributed by atoms with van der Waals surface area (Å²) in [5.41, 5.74) is 0.675. The van der Waals surface area contributed by atoms with E-state index in [4.69, 9.17) is 5.11 Å². The first-order valence-corrected chi connectivity index (χ1v) is 5.56. The van der Waals surface area contributed by atoms with E-state index in [9.17, 15) is 19.1 Å². The number of carbonyl (C=O) groups excluding carboxylic acids is 1. The Hall–Kier alpha value is -2.15.